The second-order valence-electron chi connectivity index (χ2n) is 6.87. The van der Waals surface area contributed by atoms with Crippen LogP contribution in [0.4, 0.5) is 10.1 Å². The van der Waals surface area contributed by atoms with E-state index < -0.39 is 5.95 Å². The van der Waals surface area contributed by atoms with E-state index >= 15 is 0 Å². The van der Waals surface area contributed by atoms with Crippen LogP contribution in [0.25, 0.3) is 0 Å². The Bertz CT molecular complexity index is 726. The Labute approximate surface area is 140 Å². The summed E-state index contributed by atoms with van der Waals surface area (Å²) in [4.78, 5) is 23.2. The van der Waals surface area contributed by atoms with E-state index in [0.29, 0.717) is 11.1 Å². The number of anilines is 1. The Kier molecular flexibility index (Phi) is 3.76. The van der Waals surface area contributed by atoms with Crippen molar-refractivity contribution in [1.29, 1.82) is 0 Å². The number of rotatable bonds is 4. The van der Waals surface area contributed by atoms with Gasteiger partial charge in [0.2, 0.25) is 5.95 Å². The third-order valence-corrected chi connectivity index (χ3v) is 5.01. The highest BCUT2D eigenvalue weighted by Crippen LogP contribution is 2.41. The first-order valence-corrected chi connectivity index (χ1v) is 8.15. The minimum Gasteiger partial charge on any atom is -0.370 e. The molecule has 0 aliphatic carbocycles. The molecule has 0 aromatic carbocycles. The standard InChI is InChI=1S/C18H19FN4O/c19-17-4-3-16(8-21-17)23-6-5-18(13-23)11-22(12-18)9-14-1-2-15(10-24)20-7-14/h1-4,7-8,10H,5-6,9,11-13H2. The Balaban J connectivity index is 1.33. The highest BCUT2D eigenvalue weighted by Gasteiger charge is 2.47. The molecule has 0 bridgehead atoms. The van der Waals surface area contributed by atoms with E-state index in [-0.39, 0.29) is 0 Å². The van der Waals surface area contributed by atoms with Crippen molar-refractivity contribution < 1.29 is 9.18 Å². The van der Waals surface area contributed by atoms with Gasteiger partial charge in [-0.15, -0.1) is 0 Å². The van der Waals surface area contributed by atoms with Crippen LogP contribution in [0.2, 0.25) is 0 Å². The van der Waals surface area contributed by atoms with Crippen molar-refractivity contribution >= 4 is 12.0 Å². The largest absolute Gasteiger partial charge is 0.370 e. The number of aromatic nitrogens is 2. The fourth-order valence-corrected chi connectivity index (χ4v) is 3.84. The molecule has 0 radical (unpaired) electrons. The maximum atomic E-state index is 12.9. The van der Waals surface area contributed by atoms with Crippen molar-refractivity contribution in [2.75, 3.05) is 31.1 Å². The summed E-state index contributed by atoms with van der Waals surface area (Å²) in [6, 6.07) is 6.95. The van der Waals surface area contributed by atoms with Gasteiger partial charge in [-0.1, -0.05) is 6.07 Å². The average molecular weight is 326 g/mol. The molecule has 2 aromatic rings. The predicted octanol–water partition coefficient (Wildman–Crippen LogP) is 2.14. The monoisotopic (exact) mass is 326 g/mol. The second kappa shape index (κ2) is 5.94. The third-order valence-electron chi connectivity index (χ3n) is 5.01. The molecule has 2 aromatic heterocycles. The molecule has 4 rings (SSSR count). The van der Waals surface area contributed by atoms with Crippen molar-refractivity contribution in [2.24, 2.45) is 5.41 Å². The zero-order valence-electron chi connectivity index (χ0n) is 13.4. The first-order chi connectivity index (χ1) is 11.7. The summed E-state index contributed by atoms with van der Waals surface area (Å²) in [5, 5.41) is 0. The maximum absolute atomic E-state index is 12.9. The second-order valence-corrected chi connectivity index (χ2v) is 6.87. The molecular weight excluding hydrogens is 307 g/mol. The maximum Gasteiger partial charge on any atom is 0.212 e. The average Bonchev–Trinajstić information content (AvgIpc) is 3.01. The fraction of sp³-hybridized carbons (Fsp3) is 0.389. The molecule has 6 heteroatoms. The molecule has 0 saturated carbocycles. The van der Waals surface area contributed by atoms with Crippen LogP contribution in [0.1, 0.15) is 22.5 Å². The van der Waals surface area contributed by atoms with Crippen LogP contribution < -0.4 is 4.90 Å². The SMILES string of the molecule is O=Cc1ccc(CN2CC3(CCN(c4ccc(F)nc4)C3)C2)cn1. The topological polar surface area (TPSA) is 49.3 Å². The molecule has 4 heterocycles. The van der Waals surface area contributed by atoms with Crippen LogP contribution in [-0.2, 0) is 6.54 Å². The van der Waals surface area contributed by atoms with Crippen molar-refractivity contribution in [1.82, 2.24) is 14.9 Å². The van der Waals surface area contributed by atoms with Crippen LogP contribution in [0.3, 0.4) is 0 Å². The van der Waals surface area contributed by atoms with Gasteiger partial charge in [-0.25, -0.2) is 4.98 Å². The summed E-state index contributed by atoms with van der Waals surface area (Å²) < 4.78 is 12.9. The van der Waals surface area contributed by atoms with Crippen LogP contribution in [0.5, 0.6) is 0 Å². The van der Waals surface area contributed by atoms with Crippen molar-refractivity contribution in [3.63, 3.8) is 0 Å². The molecule has 0 amide bonds. The molecule has 24 heavy (non-hydrogen) atoms. The Morgan fingerprint density at radius 3 is 2.67 bits per heavy atom. The van der Waals surface area contributed by atoms with Crippen LogP contribution >= 0.6 is 0 Å². The van der Waals surface area contributed by atoms with Gasteiger partial charge in [0, 0.05) is 44.3 Å². The molecule has 0 unspecified atom stereocenters. The Morgan fingerprint density at radius 1 is 1.12 bits per heavy atom. The van der Waals surface area contributed by atoms with Crippen LogP contribution in [-0.4, -0.2) is 47.3 Å². The molecule has 2 fully saturated rings. The number of carbonyl (C=O) groups excluding carboxylic acids is 1. The molecule has 1 spiro atoms. The molecule has 0 atom stereocenters. The normalized spacial score (nSPS) is 19.5. The quantitative estimate of drug-likeness (QED) is 0.636. The lowest BCUT2D eigenvalue weighted by Crippen LogP contribution is -2.56. The fourth-order valence-electron chi connectivity index (χ4n) is 3.84. The summed E-state index contributed by atoms with van der Waals surface area (Å²) >= 11 is 0. The molecule has 2 aliphatic rings. The van der Waals surface area contributed by atoms with Gasteiger partial charge < -0.3 is 4.90 Å². The molecule has 2 saturated heterocycles. The third kappa shape index (κ3) is 2.89. The number of aldehydes is 1. The molecular formula is C18H19FN4O. The summed E-state index contributed by atoms with van der Waals surface area (Å²) in [5.74, 6) is -0.434. The molecule has 124 valence electrons. The number of hydrogen-bond acceptors (Lipinski definition) is 5. The van der Waals surface area contributed by atoms with E-state index in [4.69, 9.17) is 0 Å². The van der Waals surface area contributed by atoms with Crippen LogP contribution in [0, 0.1) is 11.4 Å². The lowest BCUT2D eigenvalue weighted by Gasteiger charge is -2.48. The molecule has 2 aliphatic heterocycles. The summed E-state index contributed by atoms with van der Waals surface area (Å²) in [5.41, 5.74) is 2.94. The van der Waals surface area contributed by atoms with Gasteiger partial charge in [0.05, 0.1) is 11.9 Å². The van der Waals surface area contributed by atoms with Crippen molar-refractivity contribution in [3.8, 4) is 0 Å². The number of pyridine rings is 2. The summed E-state index contributed by atoms with van der Waals surface area (Å²) in [6.45, 7) is 4.99. The van der Waals surface area contributed by atoms with E-state index in [2.05, 4.69) is 19.8 Å². The lowest BCUT2D eigenvalue weighted by molar-refractivity contribution is 0.0116. The van der Waals surface area contributed by atoms with Crippen LogP contribution in [0.15, 0.2) is 36.7 Å². The van der Waals surface area contributed by atoms with E-state index in [9.17, 15) is 9.18 Å². The summed E-state index contributed by atoms with van der Waals surface area (Å²) in [7, 11) is 0. The molecule has 5 nitrogen and oxygen atoms in total. The number of carbonyl (C=O) groups is 1. The van der Waals surface area contributed by atoms with Crippen molar-refractivity contribution in [2.45, 2.75) is 13.0 Å². The highest BCUT2D eigenvalue weighted by atomic mass is 19.1. The van der Waals surface area contributed by atoms with E-state index in [1.807, 2.05) is 6.07 Å². The zero-order valence-corrected chi connectivity index (χ0v) is 13.4. The van der Waals surface area contributed by atoms with E-state index in [1.54, 1.807) is 24.5 Å². The minimum atomic E-state index is -0.434. The smallest absolute Gasteiger partial charge is 0.212 e. The zero-order chi connectivity index (χ0) is 16.6. The first kappa shape index (κ1) is 15.2. The summed E-state index contributed by atoms with van der Waals surface area (Å²) in [6.07, 6.45) is 5.31. The highest BCUT2D eigenvalue weighted by molar-refractivity contribution is 5.71. The van der Waals surface area contributed by atoms with Gasteiger partial charge in [0.1, 0.15) is 5.69 Å². The van der Waals surface area contributed by atoms with Crippen molar-refractivity contribution in [3.05, 3.63) is 53.9 Å². The van der Waals surface area contributed by atoms with Gasteiger partial charge >= 0.3 is 0 Å². The first-order valence-electron chi connectivity index (χ1n) is 8.15. The van der Waals surface area contributed by atoms with Gasteiger partial charge in [-0.3, -0.25) is 14.7 Å². The van der Waals surface area contributed by atoms with E-state index in [0.717, 1.165) is 56.7 Å². The lowest BCUT2D eigenvalue weighted by atomic mass is 9.79. The minimum absolute atomic E-state index is 0.338. The number of halogens is 1. The number of nitrogens with zero attached hydrogens (tertiary/aromatic N) is 4. The Morgan fingerprint density at radius 2 is 2.00 bits per heavy atom. The van der Waals surface area contributed by atoms with Gasteiger partial charge in [0.15, 0.2) is 6.29 Å². The predicted molar refractivity (Wildman–Crippen MR) is 88.4 cm³/mol. The number of hydrogen-bond donors (Lipinski definition) is 0. The number of likely N-dealkylation sites (tertiary alicyclic amines) is 1. The van der Waals surface area contributed by atoms with Gasteiger partial charge in [-0.05, 0) is 30.2 Å². The van der Waals surface area contributed by atoms with E-state index in [1.165, 1.54) is 6.07 Å². The van der Waals surface area contributed by atoms with Gasteiger partial charge in [0.25, 0.3) is 0 Å². The Hall–Kier alpha value is -2.34. The van der Waals surface area contributed by atoms with Gasteiger partial charge in [-0.2, -0.15) is 4.39 Å². The molecule has 0 N–H and O–H groups in total.